The standard InChI is InChI=1S/C5H6N2.C5H11N/c6-5-3-1-2-4-7-5;1-2-4-6-5-3-1/h1-4H,(H2,6,7);6H,1-5H2. The molecule has 0 amide bonds. The van der Waals surface area contributed by atoms with E-state index in [-0.39, 0.29) is 0 Å². The Morgan fingerprint density at radius 3 is 2.15 bits per heavy atom. The van der Waals surface area contributed by atoms with Gasteiger partial charge in [-0.25, -0.2) is 4.98 Å². The number of rotatable bonds is 0. The van der Waals surface area contributed by atoms with Gasteiger partial charge in [0.05, 0.1) is 0 Å². The number of nitrogens with two attached hydrogens (primary N) is 1. The van der Waals surface area contributed by atoms with Crippen molar-refractivity contribution in [1.82, 2.24) is 10.3 Å². The molecule has 13 heavy (non-hydrogen) atoms. The maximum absolute atomic E-state index is 5.25. The van der Waals surface area contributed by atoms with Crippen LogP contribution in [-0.2, 0) is 0 Å². The van der Waals surface area contributed by atoms with Gasteiger partial charge in [-0.05, 0) is 38.1 Å². The number of nitrogen functional groups attached to an aromatic ring is 1. The molecule has 0 radical (unpaired) electrons. The zero-order valence-corrected chi connectivity index (χ0v) is 7.87. The van der Waals surface area contributed by atoms with E-state index in [0.717, 1.165) is 0 Å². The van der Waals surface area contributed by atoms with Crippen LogP contribution in [0.1, 0.15) is 19.3 Å². The summed E-state index contributed by atoms with van der Waals surface area (Å²) in [5.41, 5.74) is 5.25. The minimum atomic E-state index is 0.572. The van der Waals surface area contributed by atoms with Crippen LogP contribution in [0.25, 0.3) is 0 Å². The summed E-state index contributed by atoms with van der Waals surface area (Å²) in [4.78, 5) is 3.76. The van der Waals surface area contributed by atoms with Crippen molar-refractivity contribution in [3.8, 4) is 0 Å². The van der Waals surface area contributed by atoms with Crippen LogP contribution in [0.5, 0.6) is 0 Å². The maximum atomic E-state index is 5.25. The highest BCUT2D eigenvalue weighted by Crippen LogP contribution is 1.96. The molecule has 0 spiro atoms. The highest BCUT2D eigenvalue weighted by Gasteiger charge is 1.93. The summed E-state index contributed by atoms with van der Waals surface area (Å²) in [7, 11) is 0. The van der Waals surface area contributed by atoms with Crippen LogP contribution >= 0.6 is 0 Å². The fourth-order valence-corrected chi connectivity index (χ4v) is 1.18. The zero-order chi connectivity index (χ0) is 9.36. The van der Waals surface area contributed by atoms with Crippen LogP contribution in [0.4, 0.5) is 5.82 Å². The average Bonchev–Trinajstić information content (AvgIpc) is 2.22. The maximum Gasteiger partial charge on any atom is 0.123 e. The molecule has 1 aliphatic heterocycles. The van der Waals surface area contributed by atoms with Crippen LogP contribution in [0, 0.1) is 0 Å². The molecular formula is C10H17N3. The van der Waals surface area contributed by atoms with Crippen LogP contribution in [0.2, 0.25) is 0 Å². The Bertz CT molecular complexity index is 195. The predicted molar refractivity (Wildman–Crippen MR) is 55.4 cm³/mol. The second-order valence-electron chi connectivity index (χ2n) is 3.07. The minimum absolute atomic E-state index is 0.572. The van der Waals surface area contributed by atoms with E-state index in [1.165, 1.54) is 32.4 Å². The van der Waals surface area contributed by atoms with Gasteiger partial charge in [-0.1, -0.05) is 12.5 Å². The van der Waals surface area contributed by atoms with Gasteiger partial charge in [0, 0.05) is 6.20 Å². The molecule has 1 saturated heterocycles. The third kappa shape index (κ3) is 5.20. The monoisotopic (exact) mass is 179 g/mol. The molecule has 1 fully saturated rings. The van der Waals surface area contributed by atoms with E-state index in [1.54, 1.807) is 12.3 Å². The van der Waals surface area contributed by atoms with E-state index >= 15 is 0 Å². The number of aromatic nitrogens is 1. The number of nitrogens with one attached hydrogen (secondary N) is 1. The van der Waals surface area contributed by atoms with Crippen molar-refractivity contribution in [1.29, 1.82) is 0 Å². The lowest BCUT2D eigenvalue weighted by molar-refractivity contribution is 0.520. The van der Waals surface area contributed by atoms with Crippen LogP contribution in [0.3, 0.4) is 0 Å². The molecule has 2 rings (SSSR count). The third-order valence-corrected chi connectivity index (χ3v) is 1.89. The van der Waals surface area contributed by atoms with Gasteiger partial charge in [-0.15, -0.1) is 0 Å². The minimum Gasteiger partial charge on any atom is -0.384 e. The topological polar surface area (TPSA) is 50.9 Å². The molecule has 0 atom stereocenters. The SMILES string of the molecule is C1CCNCC1.Nc1ccccn1. The van der Waals surface area contributed by atoms with E-state index in [2.05, 4.69) is 10.3 Å². The van der Waals surface area contributed by atoms with E-state index in [1.807, 2.05) is 12.1 Å². The van der Waals surface area contributed by atoms with Crippen molar-refractivity contribution in [2.24, 2.45) is 0 Å². The predicted octanol–water partition coefficient (Wildman–Crippen LogP) is 1.42. The van der Waals surface area contributed by atoms with Crippen molar-refractivity contribution in [3.05, 3.63) is 24.4 Å². The Kier molecular flexibility index (Phi) is 4.94. The van der Waals surface area contributed by atoms with Crippen molar-refractivity contribution in [3.63, 3.8) is 0 Å². The first-order valence-electron chi connectivity index (χ1n) is 4.77. The van der Waals surface area contributed by atoms with E-state index in [9.17, 15) is 0 Å². The van der Waals surface area contributed by atoms with Crippen molar-refractivity contribution >= 4 is 5.82 Å². The Labute approximate surface area is 79.4 Å². The molecule has 72 valence electrons. The van der Waals surface area contributed by atoms with Gasteiger partial charge in [-0.3, -0.25) is 0 Å². The second-order valence-corrected chi connectivity index (χ2v) is 3.07. The number of hydrogen-bond donors (Lipinski definition) is 2. The Balaban J connectivity index is 0.000000132. The van der Waals surface area contributed by atoms with Crippen LogP contribution < -0.4 is 11.1 Å². The highest BCUT2D eigenvalue weighted by molar-refractivity contribution is 5.25. The van der Waals surface area contributed by atoms with Gasteiger partial charge in [0.25, 0.3) is 0 Å². The molecule has 3 N–H and O–H groups in total. The second kappa shape index (κ2) is 6.43. The van der Waals surface area contributed by atoms with Crippen LogP contribution in [-0.4, -0.2) is 18.1 Å². The smallest absolute Gasteiger partial charge is 0.123 e. The Morgan fingerprint density at radius 1 is 1.15 bits per heavy atom. The van der Waals surface area contributed by atoms with Gasteiger partial charge in [0.2, 0.25) is 0 Å². The fraction of sp³-hybridized carbons (Fsp3) is 0.500. The van der Waals surface area contributed by atoms with Gasteiger partial charge in [-0.2, -0.15) is 0 Å². The van der Waals surface area contributed by atoms with Gasteiger partial charge in [0.1, 0.15) is 5.82 Å². The van der Waals surface area contributed by atoms with Gasteiger partial charge in [0.15, 0.2) is 0 Å². The van der Waals surface area contributed by atoms with Gasteiger partial charge >= 0.3 is 0 Å². The molecule has 0 saturated carbocycles. The van der Waals surface area contributed by atoms with Crippen LogP contribution in [0.15, 0.2) is 24.4 Å². The fourth-order valence-electron chi connectivity index (χ4n) is 1.18. The first kappa shape index (κ1) is 9.99. The summed E-state index contributed by atoms with van der Waals surface area (Å²) in [6, 6.07) is 5.43. The summed E-state index contributed by atoms with van der Waals surface area (Å²) < 4.78 is 0. The number of hydrogen-bond acceptors (Lipinski definition) is 3. The number of pyridine rings is 1. The van der Waals surface area contributed by atoms with E-state index in [0.29, 0.717) is 5.82 Å². The lowest BCUT2D eigenvalue weighted by atomic mass is 10.2. The average molecular weight is 179 g/mol. The molecule has 3 heteroatoms. The summed E-state index contributed by atoms with van der Waals surface area (Å²) in [6.45, 7) is 2.50. The largest absolute Gasteiger partial charge is 0.384 e. The molecule has 0 aromatic carbocycles. The summed E-state index contributed by atoms with van der Waals surface area (Å²) in [5.74, 6) is 0.572. The number of anilines is 1. The quantitative estimate of drug-likeness (QED) is 0.633. The Morgan fingerprint density at radius 2 is 1.92 bits per heavy atom. The normalized spacial score (nSPS) is 15.7. The Hall–Kier alpha value is -1.09. The summed E-state index contributed by atoms with van der Waals surface area (Å²) >= 11 is 0. The third-order valence-electron chi connectivity index (χ3n) is 1.89. The van der Waals surface area contributed by atoms with E-state index < -0.39 is 0 Å². The van der Waals surface area contributed by atoms with Gasteiger partial charge < -0.3 is 11.1 Å². The van der Waals surface area contributed by atoms with Crippen molar-refractivity contribution in [2.45, 2.75) is 19.3 Å². The molecule has 0 bridgehead atoms. The highest BCUT2D eigenvalue weighted by atomic mass is 14.9. The zero-order valence-electron chi connectivity index (χ0n) is 7.87. The molecule has 1 aliphatic rings. The van der Waals surface area contributed by atoms with Crippen molar-refractivity contribution in [2.75, 3.05) is 18.8 Å². The van der Waals surface area contributed by atoms with Crippen molar-refractivity contribution < 1.29 is 0 Å². The summed E-state index contributed by atoms with van der Waals surface area (Å²) in [6.07, 6.45) is 5.88. The first-order valence-corrected chi connectivity index (χ1v) is 4.77. The first-order chi connectivity index (χ1) is 6.39. The number of piperidine rings is 1. The summed E-state index contributed by atoms with van der Waals surface area (Å²) in [5, 5.41) is 3.28. The molecule has 1 aromatic heterocycles. The lowest BCUT2D eigenvalue weighted by Crippen LogP contribution is -2.21. The molecule has 2 heterocycles. The molecule has 1 aromatic rings. The number of nitrogens with zero attached hydrogens (tertiary/aromatic N) is 1. The molecule has 0 aliphatic carbocycles. The molecule has 0 unspecified atom stereocenters. The molecule has 3 nitrogen and oxygen atoms in total. The lowest BCUT2D eigenvalue weighted by Gasteiger charge is -2.08. The molecular weight excluding hydrogens is 162 g/mol. The van der Waals surface area contributed by atoms with E-state index in [4.69, 9.17) is 5.73 Å².